The van der Waals surface area contributed by atoms with E-state index in [9.17, 15) is 44.1 Å². The second-order valence-corrected chi connectivity index (χ2v) is 14.9. The molecule has 318 valence electrons. The molecular formula is C43H55N5O11. The Labute approximate surface area is 343 Å². The average Bonchev–Trinajstić information content (AvgIpc) is 3.20. The number of rotatable bonds is 21. The first-order valence-electron chi connectivity index (χ1n) is 19.0. The van der Waals surface area contributed by atoms with E-state index in [1.165, 1.54) is 13.0 Å². The van der Waals surface area contributed by atoms with Crippen LogP contribution in [-0.2, 0) is 33.4 Å². The van der Waals surface area contributed by atoms with Gasteiger partial charge in [-0.3, -0.25) is 24.0 Å². The minimum atomic E-state index is -1.96. The summed E-state index contributed by atoms with van der Waals surface area (Å²) in [5.41, 5.74) is 6.47. The van der Waals surface area contributed by atoms with E-state index in [1.807, 2.05) is 60.7 Å². The number of benzene rings is 3. The highest BCUT2D eigenvalue weighted by Gasteiger charge is 2.37. The van der Waals surface area contributed by atoms with Crippen molar-refractivity contribution >= 4 is 35.7 Å². The van der Waals surface area contributed by atoms with E-state index in [0.29, 0.717) is 5.56 Å². The number of nitrogens with one attached hydrogen (secondary N) is 4. The van der Waals surface area contributed by atoms with Gasteiger partial charge in [-0.1, -0.05) is 104 Å². The summed E-state index contributed by atoms with van der Waals surface area (Å²) in [7, 11) is 0. The lowest BCUT2D eigenvalue weighted by molar-refractivity contribution is -0.148. The largest absolute Gasteiger partial charge is 0.452 e. The van der Waals surface area contributed by atoms with Gasteiger partial charge in [0.15, 0.2) is 6.10 Å². The molecule has 0 aliphatic carbocycles. The first kappa shape index (κ1) is 47.3. The molecule has 0 fully saturated rings. The Morgan fingerprint density at radius 1 is 0.712 bits per heavy atom. The topological polar surface area (TPSA) is 256 Å². The Bertz CT molecular complexity index is 1820. The molecular weight excluding hydrogens is 762 g/mol. The van der Waals surface area contributed by atoms with E-state index in [1.54, 1.807) is 51.1 Å². The molecule has 0 aliphatic heterocycles. The van der Waals surface area contributed by atoms with Crippen molar-refractivity contribution in [3.8, 4) is 0 Å². The highest BCUT2D eigenvalue weighted by atomic mass is 16.6. The number of carbonyl (C=O) groups excluding carboxylic acids is 6. The molecule has 0 bridgehead atoms. The van der Waals surface area contributed by atoms with Crippen LogP contribution in [0.5, 0.6) is 0 Å². The van der Waals surface area contributed by atoms with Gasteiger partial charge >= 0.3 is 12.1 Å². The van der Waals surface area contributed by atoms with Gasteiger partial charge in [0.1, 0.15) is 23.8 Å². The molecule has 0 saturated heterocycles. The molecule has 0 spiro atoms. The van der Waals surface area contributed by atoms with Gasteiger partial charge in [-0.2, -0.15) is 0 Å². The van der Waals surface area contributed by atoms with Gasteiger partial charge < -0.3 is 51.8 Å². The summed E-state index contributed by atoms with van der Waals surface area (Å²) in [6.45, 7) is 8.77. The van der Waals surface area contributed by atoms with Gasteiger partial charge in [0.05, 0.1) is 43.6 Å². The smallest absolute Gasteiger partial charge is 0.408 e. The lowest BCUT2D eigenvalue weighted by atomic mass is 9.93. The van der Waals surface area contributed by atoms with Gasteiger partial charge in [0.25, 0.3) is 0 Å². The highest BCUT2D eigenvalue weighted by Crippen LogP contribution is 2.28. The predicted molar refractivity (Wildman–Crippen MR) is 217 cm³/mol. The first-order chi connectivity index (χ1) is 27.9. The maximum Gasteiger partial charge on any atom is 0.408 e. The Morgan fingerprint density at radius 2 is 1.22 bits per heavy atom. The first-order valence-corrected chi connectivity index (χ1v) is 19.0. The van der Waals surface area contributed by atoms with Crippen LogP contribution in [0.15, 0.2) is 104 Å². The second kappa shape index (κ2) is 22.7. The number of esters is 1. The van der Waals surface area contributed by atoms with Crippen molar-refractivity contribution < 1.29 is 53.6 Å². The molecule has 3 rings (SSSR count). The molecule has 5 amide bonds. The van der Waals surface area contributed by atoms with Crippen molar-refractivity contribution in [2.75, 3.05) is 6.61 Å². The maximum absolute atomic E-state index is 13.6. The number of primary amides is 1. The molecule has 3 aromatic carbocycles. The predicted octanol–water partition coefficient (Wildman–Crippen LogP) is 2.23. The van der Waals surface area contributed by atoms with Crippen LogP contribution in [0.1, 0.15) is 75.8 Å². The maximum atomic E-state index is 13.6. The molecule has 9 N–H and O–H groups in total. The van der Waals surface area contributed by atoms with E-state index in [-0.39, 0.29) is 12.8 Å². The number of alkyl carbamates (subject to hydrolysis) is 1. The van der Waals surface area contributed by atoms with Gasteiger partial charge in [0.2, 0.25) is 23.6 Å². The summed E-state index contributed by atoms with van der Waals surface area (Å²) in [6.07, 6.45) is -5.30. The minimum Gasteiger partial charge on any atom is -0.452 e. The number of carbonyl (C=O) groups is 6. The van der Waals surface area contributed by atoms with Gasteiger partial charge in [-0.15, -0.1) is 6.58 Å². The van der Waals surface area contributed by atoms with Gasteiger partial charge in [0, 0.05) is 0 Å². The SMILES string of the molecule is C=CCC(NC(=O)OC(C)(C)C)C(=O)NC(CC(N)=O)C(=O)NC(CO)C(O)C(O)C(C)C(=O)NC(CC(=O)OC(c1ccccc1)c1ccccc1)c1ccccc1. The number of hydrogen-bond donors (Lipinski definition) is 8. The fraction of sp³-hybridized carbons (Fsp3) is 0.395. The van der Waals surface area contributed by atoms with Crippen LogP contribution in [0, 0.1) is 5.92 Å². The van der Waals surface area contributed by atoms with E-state index in [0.717, 1.165) is 11.1 Å². The summed E-state index contributed by atoms with van der Waals surface area (Å²) >= 11 is 0. The molecule has 0 radical (unpaired) electrons. The zero-order valence-electron chi connectivity index (χ0n) is 33.6. The lowest BCUT2D eigenvalue weighted by Gasteiger charge is -2.31. The molecule has 16 heteroatoms. The number of hydrogen-bond acceptors (Lipinski definition) is 11. The third kappa shape index (κ3) is 15.3. The van der Waals surface area contributed by atoms with Crippen molar-refractivity contribution in [3.05, 3.63) is 120 Å². The third-order valence-corrected chi connectivity index (χ3v) is 9.00. The van der Waals surface area contributed by atoms with Crippen molar-refractivity contribution in [2.24, 2.45) is 11.7 Å². The number of aliphatic hydroxyl groups is 3. The van der Waals surface area contributed by atoms with Crippen molar-refractivity contribution in [3.63, 3.8) is 0 Å². The number of amides is 5. The summed E-state index contributed by atoms with van der Waals surface area (Å²) < 4.78 is 11.2. The van der Waals surface area contributed by atoms with Crippen LogP contribution < -0.4 is 27.0 Å². The van der Waals surface area contributed by atoms with Crippen LogP contribution in [0.3, 0.4) is 0 Å². The second-order valence-electron chi connectivity index (χ2n) is 14.9. The number of nitrogens with two attached hydrogens (primary N) is 1. The quantitative estimate of drug-likeness (QED) is 0.0572. The standard InChI is InChI=1S/C43H55N5O11/c1-6-16-30(48-42(57)59-43(3,4)5)40(55)46-32(23-34(44)50)41(56)47-33(25-49)37(53)36(52)26(2)39(54)45-31(27-17-10-7-11-18-27)24-35(51)58-38(28-19-12-8-13-20-28)29-21-14-9-15-22-29/h6-15,17-22,26,30-33,36-38,49,52-53H,1,16,23-25H2,2-5H3,(H2,44,50)(H,45,54)(H,46,55)(H,47,56)(H,48,57). The minimum absolute atomic E-state index is 0.0890. The fourth-order valence-electron chi connectivity index (χ4n) is 5.91. The summed E-state index contributed by atoms with van der Waals surface area (Å²) in [5.74, 6) is -5.78. The summed E-state index contributed by atoms with van der Waals surface area (Å²) in [5, 5.41) is 42.2. The molecule has 59 heavy (non-hydrogen) atoms. The van der Waals surface area contributed by atoms with E-state index < -0.39 is 103 Å². The van der Waals surface area contributed by atoms with Crippen LogP contribution in [0.4, 0.5) is 4.79 Å². The molecule has 7 unspecified atom stereocenters. The molecule has 3 aromatic rings. The summed E-state index contributed by atoms with van der Waals surface area (Å²) in [6, 6.07) is 21.4. The molecule has 0 aliphatic rings. The molecule has 7 atom stereocenters. The Kier molecular flexibility index (Phi) is 18.2. The zero-order valence-corrected chi connectivity index (χ0v) is 33.6. The molecule has 16 nitrogen and oxygen atoms in total. The summed E-state index contributed by atoms with van der Waals surface area (Å²) in [4.78, 5) is 78.0. The molecule has 0 saturated carbocycles. The van der Waals surface area contributed by atoms with Crippen LogP contribution in [0.25, 0.3) is 0 Å². The van der Waals surface area contributed by atoms with Crippen molar-refractivity contribution in [2.45, 2.75) is 95.0 Å². The molecule has 0 aromatic heterocycles. The number of aliphatic hydroxyl groups excluding tert-OH is 3. The Balaban J connectivity index is 1.73. The van der Waals surface area contributed by atoms with E-state index in [2.05, 4.69) is 27.8 Å². The van der Waals surface area contributed by atoms with Crippen molar-refractivity contribution in [1.29, 1.82) is 0 Å². The lowest BCUT2D eigenvalue weighted by Crippen LogP contribution is -2.59. The van der Waals surface area contributed by atoms with Crippen LogP contribution in [0.2, 0.25) is 0 Å². The highest BCUT2D eigenvalue weighted by molar-refractivity contribution is 5.94. The van der Waals surface area contributed by atoms with Crippen molar-refractivity contribution in [1.82, 2.24) is 21.3 Å². The average molecular weight is 818 g/mol. The third-order valence-electron chi connectivity index (χ3n) is 9.00. The monoisotopic (exact) mass is 817 g/mol. The van der Waals surface area contributed by atoms with Gasteiger partial charge in [-0.25, -0.2) is 4.79 Å². The zero-order chi connectivity index (χ0) is 43.7. The van der Waals surface area contributed by atoms with Crippen LogP contribution in [-0.4, -0.2) is 93.6 Å². The van der Waals surface area contributed by atoms with Gasteiger partial charge in [-0.05, 0) is 43.9 Å². The fourth-order valence-corrected chi connectivity index (χ4v) is 5.91. The van der Waals surface area contributed by atoms with E-state index >= 15 is 0 Å². The normalized spacial score (nSPS) is 14.8. The van der Waals surface area contributed by atoms with Crippen LogP contribution >= 0.6 is 0 Å². The van der Waals surface area contributed by atoms with E-state index in [4.69, 9.17) is 15.2 Å². The Hall–Kier alpha value is -6.10. The Morgan fingerprint density at radius 3 is 1.69 bits per heavy atom. The number of ether oxygens (including phenoxy) is 2. The molecule has 0 heterocycles.